The van der Waals surface area contributed by atoms with Gasteiger partial charge < -0.3 is 4.74 Å². The average molecular weight is 457 g/mol. The van der Waals surface area contributed by atoms with Gasteiger partial charge in [0.1, 0.15) is 12.4 Å². The first-order chi connectivity index (χ1) is 15.9. The van der Waals surface area contributed by atoms with Gasteiger partial charge in [-0.15, -0.1) is 0 Å². The number of nitrogens with zero attached hydrogens (tertiary/aromatic N) is 2. The molecule has 4 rings (SSSR count). The Morgan fingerprint density at radius 1 is 0.970 bits per heavy atom. The molecule has 1 saturated heterocycles. The molecule has 5 heteroatoms. The van der Waals surface area contributed by atoms with Crippen molar-refractivity contribution >= 4 is 34.6 Å². The monoisotopic (exact) mass is 456 g/mol. The van der Waals surface area contributed by atoms with Crippen LogP contribution in [0.4, 0.5) is 5.69 Å². The van der Waals surface area contributed by atoms with Crippen molar-refractivity contribution in [1.82, 2.24) is 4.90 Å². The quantitative estimate of drug-likeness (QED) is 0.382. The first kappa shape index (κ1) is 22.9. The normalized spacial score (nSPS) is 16.1. The van der Waals surface area contributed by atoms with Gasteiger partial charge in [0, 0.05) is 6.54 Å². The summed E-state index contributed by atoms with van der Waals surface area (Å²) in [7, 11) is 0. The van der Waals surface area contributed by atoms with Gasteiger partial charge >= 0.3 is 0 Å². The minimum Gasteiger partial charge on any atom is -0.489 e. The maximum Gasteiger partial charge on any atom is 0.266 e. The van der Waals surface area contributed by atoms with Crippen molar-refractivity contribution in [3.63, 3.8) is 0 Å². The van der Waals surface area contributed by atoms with Crippen molar-refractivity contribution in [2.75, 3.05) is 6.54 Å². The first-order valence-corrected chi connectivity index (χ1v) is 11.9. The highest BCUT2D eigenvalue weighted by molar-refractivity contribution is 8.18. The number of hydrogen-bond donors (Lipinski definition) is 0. The lowest BCUT2D eigenvalue weighted by Crippen LogP contribution is -2.28. The van der Waals surface area contributed by atoms with Crippen molar-refractivity contribution < 1.29 is 9.53 Å². The molecule has 33 heavy (non-hydrogen) atoms. The number of aryl methyl sites for hydroxylation is 3. The Labute approximate surface area is 200 Å². The van der Waals surface area contributed by atoms with E-state index in [1.807, 2.05) is 57.2 Å². The van der Waals surface area contributed by atoms with Crippen LogP contribution in [0.2, 0.25) is 0 Å². The maximum atomic E-state index is 13.0. The van der Waals surface area contributed by atoms with Crippen LogP contribution in [0.5, 0.6) is 5.75 Å². The summed E-state index contributed by atoms with van der Waals surface area (Å²) in [5.41, 5.74) is 6.47. The number of carbonyl (C=O) groups is 1. The topological polar surface area (TPSA) is 41.9 Å². The van der Waals surface area contributed by atoms with Gasteiger partial charge in [0.25, 0.3) is 5.91 Å². The highest BCUT2D eigenvalue weighted by Gasteiger charge is 2.32. The molecular formula is C28H28N2O2S. The predicted molar refractivity (Wildman–Crippen MR) is 138 cm³/mol. The van der Waals surface area contributed by atoms with Crippen LogP contribution >= 0.6 is 11.8 Å². The standard InChI is InChI=1S/C28H28N2O2S/c1-5-30-27(31)26(33-28(30)29-25-16-20(3)9-10-21(25)4)17-22-11-13-24(14-12-22)32-18-23-8-6-7-19(2)15-23/h6-17H,5,18H2,1-4H3/b26-17+,29-28?. The van der Waals surface area contributed by atoms with Crippen LogP contribution in [0.25, 0.3) is 6.08 Å². The number of amidine groups is 1. The molecule has 1 amide bonds. The highest BCUT2D eigenvalue weighted by atomic mass is 32.2. The van der Waals surface area contributed by atoms with E-state index in [0.29, 0.717) is 18.1 Å². The van der Waals surface area contributed by atoms with E-state index in [1.54, 1.807) is 4.90 Å². The molecule has 0 unspecified atom stereocenters. The summed E-state index contributed by atoms with van der Waals surface area (Å²) in [5, 5.41) is 0.723. The zero-order chi connectivity index (χ0) is 23.4. The molecule has 0 atom stereocenters. The molecule has 0 aromatic heterocycles. The SMILES string of the molecule is CCN1C(=O)/C(=C\c2ccc(OCc3cccc(C)c3)cc2)SC1=Nc1cc(C)ccc1C. The molecule has 0 radical (unpaired) electrons. The van der Waals surface area contributed by atoms with E-state index in [2.05, 4.69) is 43.3 Å². The summed E-state index contributed by atoms with van der Waals surface area (Å²) in [5.74, 6) is 0.794. The number of carbonyl (C=O) groups excluding carboxylic acids is 1. The van der Waals surface area contributed by atoms with Crippen molar-refractivity contribution in [3.8, 4) is 5.75 Å². The van der Waals surface area contributed by atoms with Gasteiger partial charge in [-0.3, -0.25) is 9.69 Å². The number of ether oxygens (including phenoxy) is 1. The number of likely N-dealkylation sites (N-methyl/N-ethyl adjacent to an activating group) is 1. The maximum absolute atomic E-state index is 13.0. The summed E-state index contributed by atoms with van der Waals surface area (Å²) < 4.78 is 5.91. The minimum absolute atomic E-state index is 0.00803. The summed E-state index contributed by atoms with van der Waals surface area (Å²) in [6, 6.07) is 22.3. The third-order valence-corrected chi connectivity index (χ3v) is 6.46. The zero-order valence-electron chi connectivity index (χ0n) is 19.5. The Bertz CT molecular complexity index is 1230. The molecule has 4 nitrogen and oxygen atoms in total. The van der Waals surface area contributed by atoms with Gasteiger partial charge in [0.05, 0.1) is 10.6 Å². The van der Waals surface area contributed by atoms with Gasteiger partial charge in [0.2, 0.25) is 0 Å². The Kier molecular flexibility index (Phi) is 6.99. The molecule has 168 valence electrons. The van der Waals surface area contributed by atoms with Gasteiger partial charge in [-0.05, 0) is 86.0 Å². The molecular weight excluding hydrogens is 428 g/mol. The fraction of sp³-hybridized carbons (Fsp3) is 0.214. The van der Waals surface area contributed by atoms with Crippen molar-refractivity contribution in [2.24, 2.45) is 4.99 Å². The molecule has 3 aromatic rings. The third-order valence-electron chi connectivity index (χ3n) is 5.45. The molecule has 1 fully saturated rings. The first-order valence-electron chi connectivity index (χ1n) is 11.1. The average Bonchev–Trinajstić information content (AvgIpc) is 3.09. The summed E-state index contributed by atoms with van der Waals surface area (Å²) >= 11 is 1.42. The molecule has 1 aliphatic rings. The Hall–Kier alpha value is -3.31. The van der Waals surface area contributed by atoms with E-state index < -0.39 is 0 Å². The van der Waals surface area contributed by atoms with Gasteiger partial charge in [-0.25, -0.2) is 4.99 Å². The lowest BCUT2D eigenvalue weighted by molar-refractivity contribution is -0.122. The molecule has 3 aromatic carbocycles. The molecule has 1 heterocycles. The summed E-state index contributed by atoms with van der Waals surface area (Å²) in [6.45, 7) is 9.24. The van der Waals surface area contributed by atoms with E-state index in [0.717, 1.165) is 38.9 Å². The molecule has 0 aliphatic carbocycles. The van der Waals surface area contributed by atoms with Crippen LogP contribution in [-0.2, 0) is 11.4 Å². The van der Waals surface area contributed by atoms with Crippen LogP contribution in [0, 0.1) is 20.8 Å². The molecule has 0 N–H and O–H groups in total. The molecule has 0 saturated carbocycles. The third kappa shape index (κ3) is 5.55. The van der Waals surface area contributed by atoms with Crippen LogP contribution < -0.4 is 4.74 Å². The fourth-order valence-electron chi connectivity index (χ4n) is 3.59. The van der Waals surface area contributed by atoms with Crippen LogP contribution in [-0.4, -0.2) is 22.5 Å². The van der Waals surface area contributed by atoms with Crippen molar-refractivity contribution in [3.05, 3.63) is 99.5 Å². The van der Waals surface area contributed by atoms with E-state index in [1.165, 1.54) is 17.3 Å². The van der Waals surface area contributed by atoms with E-state index in [-0.39, 0.29) is 5.91 Å². The zero-order valence-corrected chi connectivity index (χ0v) is 20.3. The number of thioether (sulfide) groups is 1. The number of rotatable bonds is 6. The van der Waals surface area contributed by atoms with Crippen LogP contribution in [0.3, 0.4) is 0 Å². The van der Waals surface area contributed by atoms with Gasteiger partial charge in [-0.1, -0.05) is 54.1 Å². The van der Waals surface area contributed by atoms with E-state index in [4.69, 9.17) is 9.73 Å². The summed E-state index contributed by atoms with van der Waals surface area (Å²) in [4.78, 5) is 20.2. The van der Waals surface area contributed by atoms with Crippen LogP contribution in [0.1, 0.15) is 34.7 Å². The van der Waals surface area contributed by atoms with Crippen molar-refractivity contribution in [1.29, 1.82) is 0 Å². The smallest absolute Gasteiger partial charge is 0.266 e. The Balaban J connectivity index is 1.49. The number of benzene rings is 3. The van der Waals surface area contributed by atoms with Gasteiger partial charge in [-0.2, -0.15) is 0 Å². The molecule has 0 bridgehead atoms. The lowest BCUT2D eigenvalue weighted by Gasteiger charge is -2.12. The fourth-order valence-corrected chi connectivity index (χ4v) is 4.65. The Morgan fingerprint density at radius 2 is 1.73 bits per heavy atom. The number of aliphatic imine (C=N–C) groups is 1. The second-order valence-electron chi connectivity index (χ2n) is 8.19. The second-order valence-corrected chi connectivity index (χ2v) is 9.20. The minimum atomic E-state index is -0.00803. The molecule has 1 aliphatic heterocycles. The number of hydrogen-bond acceptors (Lipinski definition) is 4. The second kappa shape index (κ2) is 10.1. The van der Waals surface area contributed by atoms with Crippen LogP contribution in [0.15, 0.2) is 76.6 Å². The van der Waals surface area contributed by atoms with Gasteiger partial charge in [0.15, 0.2) is 5.17 Å². The van der Waals surface area contributed by atoms with E-state index >= 15 is 0 Å². The predicted octanol–water partition coefficient (Wildman–Crippen LogP) is 6.81. The molecule has 0 spiro atoms. The number of amides is 1. The van der Waals surface area contributed by atoms with E-state index in [9.17, 15) is 4.79 Å². The lowest BCUT2D eigenvalue weighted by atomic mass is 10.1. The summed E-state index contributed by atoms with van der Waals surface area (Å²) in [6.07, 6.45) is 1.92. The largest absolute Gasteiger partial charge is 0.489 e. The van der Waals surface area contributed by atoms with Crippen molar-refractivity contribution in [2.45, 2.75) is 34.3 Å². The highest BCUT2D eigenvalue weighted by Crippen LogP contribution is 2.35. The Morgan fingerprint density at radius 3 is 2.45 bits per heavy atom.